The topological polar surface area (TPSA) is 78.5 Å². The average Bonchev–Trinajstić information content (AvgIpc) is 2.81. The number of urea groups is 1. The molecule has 6 nitrogen and oxygen atoms in total. The highest BCUT2D eigenvalue weighted by Gasteiger charge is 2.39. The van der Waals surface area contributed by atoms with Crippen molar-refractivity contribution in [1.82, 2.24) is 15.5 Å². The number of benzene rings is 1. The fourth-order valence-electron chi connectivity index (χ4n) is 2.92. The largest absolute Gasteiger partial charge is 0.352 e. The molecule has 1 aliphatic heterocycles. The maximum Gasteiger partial charge on any atom is 0.325 e. The molecular weight excluding hydrogens is 318 g/mol. The number of amides is 4. The molecule has 1 aromatic rings. The molecule has 0 aliphatic carbocycles. The van der Waals surface area contributed by atoms with Gasteiger partial charge in [-0.2, -0.15) is 0 Å². The van der Waals surface area contributed by atoms with E-state index in [4.69, 9.17) is 0 Å². The zero-order valence-corrected chi connectivity index (χ0v) is 15.1. The van der Waals surface area contributed by atoms with Crippen molar-refractivity contribution in [1.29, 1.82) is 0 Å². The van der Waals surface area contributed by atoms with Gasteiger partial charge in [0.25, 0.3) is 5.91 Å². The summed E-state index contributed by atoms with van der Waals surface area (Å²) < 4.78 is 0. The third-order valence-corrected chi connectivity index (χ3v) is 4.23. The van der Waals surface area contributed by atoms with Crippen LogP contribution in [0.25, 0.3) is 0 Å². The van der Waals surface area contributed by atoms with E-state index < -0.39 is 12.1 Å². The van der Waals surface area contributed by atoms with Crippen LogP contribution in [0.2, 0.25) is 0 Å². The summed E-state index contributed by atoms with van der Waals surface area (Å²) in [5.74, 6) is -0.332. The summed E-state index contributed by atoms with van der Waals surface area (Å²) in [5, 5.41) is 5.51. The Kier molecular flexibility index (Phi) is 6.56. The molecule has 1 fully saturated rings. The maximum atomic E-state index is 12.2. The van der Waals surface area contributed by atoms with Gasteiger partial charge in [-0.1, -0.05) is 44.2 Å². The number of nitrogens with zero attached hydrogens (tertiary/aromatic N) is 1. The molecule has 2 N–H and O–H groups in total. The van der Waals surface area contributed by atoms with Gasteiger partial charge in [-0.15, -0.1) is 0 Å². The zero-order chi connectivity index (χ0) is 18.4. The van der Waals surface area contributed by atoms with Crippen molar-refractivity contribution in [2.75, 3.05) is 6.54 Å². The van der Waals surface area contributed by atoms with Gasteiger partial charge in [-0.3, -0.25) is 14.5 Å². The predicted octanol–water partition coefficient (Wildman–Crippen LogP) is 2.09. The van der Waals surface area contributed by atoms with Crippen molar-refractivity contribution in [3.63, 3.8) is 0 Å². The van der Waals surface area contributed by atoms with Gasteiger partial charge in [0.05, 0.1) is 0 Å². The Morgan fingerprint density at radius 1 is 1.20 bits per heavy atom. The fraction of sp³-hybridized carbons (Fsp3) is 0.526. The van der Waals surface area contributed by atoms with E-state index in [-0.39, 0.29) is 24.4 Å². The summed E-state index contributed by atoms with van der Waals surface area (Å²) in [4.78, 5) is 37.3. The number of imide groups is 1. The number of aryl methyl sites for hydroxylation is 1. The van der Waals surface area contributed by atoms with E-state index in [1.54, 1.807) is 0 Å². The van der Waals surface area contributed by atoms with E-state index in [0.29, 0.717) is 12.3 Å². The smallest absolute Gasteiger partial charge is 0.325 e. The van der Waals surface area contributed by atoms with Crippen LogP contribution < -0.4 is 10.6 Å². The number of hydrogen-bond donors (Lipinski definition) is 2. The minimum absolute atomic E-state index is 0.0278. The number of hydrogen-bond acceptors (Lipinski definition) is 3. The minimum atomic E-state index is -0.518. The second-order valence-electron chi connectivity index (χ2n) is 7.05. The number of carbonyl (C=O) groups is 3. The van der Waals surface area contributed by atoms with Crippen LogP contribution in [-0.2, 0) is 16.0 Å². The van der Waals surface area contributed by atoms with Crippen LogP contribution in [0.15, 0.2) is 30.3 Å². The minimum Gasteiger partial charge on any atom is -0.352 e. The fourth-order valence-corrected chi connectivity index (χ4v) is 2.92. The van der Waals surface area contributed by atoms with Gasteiger partial charge in [0, 0.05) is 6.04 Å². The molecule has 0 aromatic heterocycles. The highest BCUT2D eigenvalue weighted by molar-refractivity contribution is 6.06. The number of nitrogens with one attached hydrogen (secondary N) is 2. The summed E-state index contributed by atoms with van der Waals surface area (Å²) in [6, 6.07) is 9.03. The molecular formula is C19H27N3O3. The molecule has 1 aromatic carbocycles. The van der Waals surface area contributed by atoms with Gasteiger partial charge >= 0.3 is 6.03 Å². The molecule has 2 atom stereocenters. The van der Waals surface area contributed by atoms with Crippen LogP contribution >= 0.6 is 0 Å². The molecule has 1 saturated heterocycles. The predicted molar refractivity (Wildman–Crippen MR) is 95.9 cm³/mol. The van der Waals surface area contributed by atoms with Crippen molar-refractivity contribution in [3.8, 4) is 0 Å². The van der Waals surface area contributed by atoms with Crippen LogP contribution in [0.4, 0.5) is 4.79 Å². The first-order valence-corrected chi connectivity index (χ1v) is 8.82. The van der Waals surface area contributed by atoms with Crippen LogP contribution in [0.3, 0.4) is 0 Å². The summed E-state index contributed by atoms with van der Waals surface area (Å²) in [6.45, 7) is 5.68. The molecule has 1 aliphatic rings. The van der Waals surface area contributed by atoms with Gasteiger partial charge in [0.15, 0.2) is 0 Å². The Morgan fingerprint density at radius 3 is 2.52 bits per heavy atom. The Balaban J connectivity index is 1.79. The molecule has 0 bridgehead atoms. The molecule has 0 saturated carbocycles. The lowest BCUT2D eigenvalue weighted by Gasteiger charge is -2.17. The second kappa shape index (κ2) is 8.65. The van der Waals surface area contributed by atoms with E-state index in [1.165, 1.54) is 5.56 Å². The third kappa shape index (κ3) is 5.59. The molecule has 25 heavy (non-hydrogen) atoms. The third-order valence-electron chi connectivity index (χ3n) is 4.23. The summed E-state index contributed by atoms with van der Waals surface area (Å²) in [7, 11) is 0. The summed E-state index contributed by atoms with van der Waals surface area (Å²) in [5.41, 5.74) is 1.22. The molecule has 0 radical (unpaired) electrons. The van der Waals surface area contributed by atoms with E-state index in [2.05, 4.69) is 22.8 Å². The molecule has 136 valence electrons. The van der Waals surface area contributed by atoms with E-state index in [9.17, 15) is 14.4 Å². The molecule has 2 rings (SSSR count). The van der Waals surface area contributed by atoms with Crippen LogP contribution in [0.5, 0.6) is 0 Å². The molecule has 6 heteroatoms. The average molecular weight is 345 g/mol. The number of carbonyl (C=O) groups excluding carboxylic acids is 3. The second-order valence-corrected chi connectivity index (χ2v) is 7.05. The van der Waals surface area contributed by atoms with Crippen molar-refractivity contribution >= 4 is 17.8 Å². The highest BCUT2D eigenvalue weighted by Crippen LogP contribution is 2.14. The Bertz CT molecular complexity index is 616. The highest BCUT2D eigenvalue weighted by atomic mass is 16.2. The van der Waals surface area contributed by atoms with Crippen LogP contribution in [0, 0.1) is 5.92 Å². The normalized spacial score (nSPS) is 18.4. The van der Waals surface area contributed by atoms with Gasteiger partial charge < -0.3 is 10.6 Å². The molecule has 1 heterocycles. The lowest BCUT2D eigenvalue weighted by molar-refractivity contribution is -0.132. The first kappa shape index (κ1) is 19.0. The summed E-state index contributed by atoms with van der Waals surface area (Å²) in [6.07, 6.45) is 2.24. The van der Waals surface area contributed by atoms with Crippen molar-refractivity contribution < 1.29 is 14.4 Å². The van der Waals surface area contributed by atoms with E-state index in [1.807, 2.05) is 39.0 Å². The SMILES string of the molecule is CC(C)C[C@@H]1NC(=O)N(CC(=O)N[C@@H](C)CCc2ccccc2)C1=O. The van der Waals surface area contributed by atoms with Gasteiger partial charge in [-0.25, -0.2) is 4.79 Å². The van der Waals surface area contributed by atoms with Crippen LogP contribution in [-0.4, -0.2) is 41.4 Å². The Hall–Kier alpha value is -2.37. The van der Waals surface area contributed by atoms with Crippen molar-refractivity contribution in [2.45, 2.75) is 52.1 Å². The molecule has 4 amide bonds. The molecule has 0 spiro atoms. The van der Waals surface area contributed by atoms with E-state index in [0.717, 1.165) is 17.7 Å². The van der Waals surface area contributed by atoms with Crippen molar-refractivity contribution in [2.24, 2.45) is 5.92 Å². The van der Waals surface area contributed by atoms with Crippen LogP contribution in [0.1, 0.15) is 39.2 Å². The Morgan fingerprint density at radius 2 is 1.88 bits per heavy atom. The standard InChI is InChI=1S/C19H27N3O3/c1-13(2)11-16-18(24)22(19(25)21-16)12-17(23)20-14(3)9-10-15-7-5-4-6-8-15/h4-8,13-14,16H,9-12H2,1-3H3,(H,20,23)(H,21,25)/t14-,16-/m0/s1. The van der Waals surface area contributed by atoms with E-state index >= 15 is 0 Å². The lowest BCUT2D eigenvalue weighted by Crippen LogP contribution is -2.44. The summed E-state index contributed by atoms with van der Waals surface area (Å²) >= 11 is 0. The maximum absolute atomic E-state index is 12.2. The zero-order valence-electron chi connectivity index (χ0n) is 15.1. The lowest BCUT2D eigenvalue weighted by atomic mass is 10.0. The Labute approximate surface area is 149 Å². The van der Waals surface area contributed by atoms with Gasteiger partial charge in [0.2, 0.25) is 5.91 Å². The van der Waals surface area contributed by atoms with Gasteiger partial charge in [0.1, 0.15) is 12.6 Å². The van der Waals surface area contributed by atoms with Crippen molar-refractivity contribution in [3.05, 3.63) is 35.9 Å². The quantitative estimate of drug-likeness (QED) is 0.708. The first-order valence-electron chi connectivity index (χ1n) is 8.82. The monoisotopic (exact) mass is 345 g/mol. The van der Waals surface area contributed by atoms with Gasteiger partial charge in [-0.05, 0) is 37.7 Å². The number of rotatable bonds is 8. The molecule has 0 unspecified atom stereocenters. The first-order chi connectivity index (χ1) is 11.9.